The summed E-state index contributed by atoms with van der Waals surface area (Å²) in [6.45, 7) is 0. The maximum absolute atomic E-state index is 4.01. The average molecular weight is 267 g/mol. The molecule has 0 aliphatic rings. The first kappa shape index (κ1) is 10.3. The van der Waals surface area contributed by atoms with Crippen molar-refractivity contribution in [1.29, 1.82) is 0 Å². The van der Waals surface area contributed by atoms with E-state index in [1.54, 1.807) is 4.68 Å². The summed E-state index contributed by atoms with van der Waals surface area (Å²) in [5.74, 6) is 0.903. The molecule has 78 valence electrons. The lowest BCUT2D eigenvalue weighted by Crippen LogP contribution is -2.03. The highest BCUT2D eigenvalue weighted by Crippen LogP contribution is 2.08. The van der Waals surface area contributed by atoms with Crippen LogP contribution in [0, 0.1) is 0 Å². The van der Waals surface area contributed by atoms with Gasteiger partial charge < -0.3 is 0 Å². The molecule has 0 saturated heterocycles. The molecule has 2 aromatic rings. The number of benzene rings is 1. The Morgan fingerprint density at radius 1 is 1.20 bits per heavy atom. The van der Waals surface area contributed by atoms with Crippen LogP contribution in [0.1, 0.15) is 12.2 Å². The number of hydrogen-bond donors (Lipinski definition) is 0. The normalized spacial score (nSPS) is 10.5. The number of tetrazole rings is 1. The molecular weight excluding hydrogens is 256 g/mol. The molecule has 0 saturated carbocycles. The molecule has 0 atom stereocenters. The highest BCUT2D eigenvalue weighted by atomic mass is 79.9. The van der Waals surface area contributed by atoms with Crippen LogP contribution < -0.4 is 0 Å². The van der Waals surface area contributed by atoms with Gasteiger partial charge in [-0.15, -0.1) is 5.10 Å². The summed E-state index contributed by atoms with van der Waals surface area (Å²) in [5.41, 5.74) is 1.01. The van der Waals surface area contributed by atoms with Crippen LogP contribution in [0.3, 0.4) is 0 Å². The molecule has 0 spiro atoms. The SMILES string of the molecule is BrCCCc1nnnn1-c1ccccc1. The van der Waals surface area contributed by atoms with Crippen LogP contribution in [0.5, 0.6) is 0 Å². The topological polar surface area (TPSA) is 43.6 Å². The van der Waals surface area contributed by atoms with Crippen molar-refractivity contribution in [3.05, 3.63) is 36.2 Å². The number of nitrogens with zero attached hydrogens (tertiary/aromatic N) is 4. The summed E-state index contributed by atoms with van der Waals surface area (Å²) in [5, 5.41) is 12.7. The molecular formula is C10H11BrN4. The first-order valence-electron chi connectivity index (χ1n) is 4.80. The van der Waals surface area contributed by atoms with Crippen LogP contribution in [0.4, 0.5) is 0 Å². The second-order valence-corrected chi connectivity index (χ2v) is 3.93. The van der Waals surface area contributed by atoms with E-state index in [0.717, 1.165) is 29.7 Å². The van der Waals surface area contributed by atoms with Gasteiger partial charge in [-0.1, -0.05) is 34.1 Å². The zero-order valence-electron chi connectivity index (χ0n) is 8.17. The predicted octanol–water partition coefficient (Wildman–Crippen LogP) is 1.99. The second-order valence-electron chi connectivity index (χ2n) is 3.14. The molecule has 0 N–H and O–H groups in total. The van der Waals surface area contributed by atoms with E-state index in [4.69, 9.17) is 0 Å². The number of aromatic nitrogens is 4. The third-order valence-electron chi connectivity index (χ3n) is 2.07. The standard InChI is InChI=1S/C10H11BrN4/c11-8-4-7-10-12-13-14-15(10)9-5-2-1-3-6-9/h1-3,5-6H,4,7-8H2. The summed E-state index contributed by atoms with van der Waals surface area (Å²) < 4.78 is 1.78. The van der Waals surface area contributed by atoms with Crippen molar-refractivity contribution in [3.63, 3.8) is 0 Å². The van der Waals surface area contributed by atoms with Crippen molar-refractivity contribution in [3.8, 4) is 5.69 Å². The molecule has 0 radical (unpaired) electrons. The van der Waals surface area contributed by atoms with Crippen molar-refractivity contribution in [1.82, 2.24) is 20.2 Å². The Balaban J connectivity index is 2.25. The Labute approximate surface area is 96.4 Å². The van der Waals surface area contributed by atoms with Gasteiger partial charge in [-0.2, -0.15) is 4.68 Å². The third-order valence-corrected chi connectivity index (χ3v) is 2.63. The van der Waals surface area contributed by atoms with Gasteiger partial charge in [-0.25, -0.2) is 0 Å². The molecule has 2 rings (SSSR count). The van der Waals surface area contributed by atoms with E-state index in [2.05, 4.69) is 31.5 Å². The number of hydrogen-bond acceptors (Lipinski definition) is 3. The van der Waals surface area contributed by atoms with E-state index in [9.17, 15) is 0 Å². The summed E-state index contributed by atoms with van der Waals surface area (Å²) in [4.78, 5) is 0. The van der Waals surface area contributed by atoms with E-state index in [1.807, 2.05) is 30.3 Å². The Morgan fingerprint density at radius 2 is 2.00 bits per heavy atom. The fourth-order valence-electron chi connectivity index (χ4n) is 1.36. The minimum atomic E-state index is 0.882. The first-order chi connectivity index (χ1) is 7.42. The predicted molar refractivity (Wildman–Crippen MR) is 61.3 cm³/mol. The van der Waals surface area contributed by atoms with Gasteiger partial charge in [0.1, 0.15) is 0 Å². The number of aryl methyl sites for hydroxylation is 1. The highest BCUT2D eigenvalue weighted by Gasteiger charge is 2.06. The molecule has 1 aromatic heterocycles. The van der Waals surface area contributed by atoms with Gasteiger partial charge in [0.2, 0.25) is 0 Å². The molecule has 5 heteroatoms. The molecule has 0 fully saturated rings. The van der Waals surface area contributed by atoms with E-state index >= 15 is 0 Å². The molecule has 1 heterocycles. The lowest BCUT2D eigenvalue weighted by Gasteiger charge is -2.02. The third kappa shape index (κ3) is 2.41. The fourth-order valence-corrected chi connectivity index (χ4v) is 1.64. The number of halogens is 1. The van der Waals surface area contributed by atoms with Gasteiger partial charge in [-0.05, 0) is 29.0 Å². The number of rotatable bonds is 4. The minimum Gasteiger partial charge on any atom is -0.197 e. The van der Waals surface area contributed by atoms with Crippen molar-refractivity contribution >= 4 is 15.9 Å². The van der Waals surface area contributed by atoms with Gasteiger partial charge in [0, 0.05) is 11.8 Å². The Bertz CT molecular complexity index is 412. The van der Waals surface area contributed by atoms with Gasteiger partial charge in [0.05, 0.1) is 5.69 Å². The van der Waals surface area contributed by atoms with Gasteiger partial charge >= 0.3 is 0 Å². The van der Waals surface area contributed by atoms with Crippen molar-refractivity contribution < 1.29 is 0 Å². The molecule has 0 amide bonds. The first-order valence-corrected chi connectivity index (χ1v) is 5.92. The summed E-state index contributed by atoms with van der Waals surface area (Å²) in [6.07, 6.45) is 1.92. The Morgan fingerprint density at radius 3 is 2.73 bits per heavy atom. The highest BCUT2D eigenvalue weighted by molar-refractivity contribution is 9.09. The van der Waals surface area contributed by atoms with Crippen LogP contribution in [0.2, 0.25) is 0 Å². The zero-order valence-corrected chi connectivity index (χ0v) is 9.76. The monoisotopic (exact) mass is 266 g/mol. The van der Waals surface area contributed by atoms with Crippen molar-refractivity contribution in [2.75, 3.05) is 5.33 Å². The molecule has 4 nitrogen and oxygen atoms in total. The largest absolute Gasteiger partial charge is 0.197 e. The van der Waals surface area contributed by atoms with E-state index in [1.165, 1.54) is 0 Å². The maximum Gasteiger partial charge on any atom is 0.156 e. The Hall–Kier alpha value is -1.23. The maximum atomic E-state index is 4.01. The summed E-state index contributed by atoms with van der Waals surface area (Å²) in [6, 6.07) is 9.92. The van der Waals surface area contributed by atoms with Crippen LogP contribution in [-0.2, 0) is 6.42 Å². The van der Waals surface area contributed by atoms with Gasteiger partial charge in [0.15, 0.2) is 5.82 Å². The van der Waals surface area contributed by atoms with Crippen molar-refractivity contribution in [2.24, 2.45) is 0 Å². The molecule has 0 aliphatic heterocycles. The Kier molecular flexibility index (Phi) is 3.45. The number of alkyl halides is 1. The second kappa shape index (κ2) is 5.02. The van der Waals surface area contributed by atoms with Gasteiger partial charge in [0.25, 0.3) is 0 Å². The van der Waals surface area contributed by atoms with Crippen molar-refractivity contribution in [2.45, 2.75) is 12.8 Å². The van der Waals surface area contributed by atoms with E-state index in [0.29, 0.717) is 0 Å². The molecule has 0 bridgehead atoms. The summed E-state index contributed by atoms with van der Waals surface area (Å²) >= 11 is 3.40. The smallest absolute Gasteiger partial charge is 0.156 e. The van der Waals surface area contributed by atoms with E-state index < -0.39 is 0 Å². The fraction of sp³-hybridized carbons (Fsp3) is 0.300. The van der Waals surface area contributed by atoms with Crippen LogP contribution in [0.15, 0.2) is 30.3 Å². The number of para-hydroxylation sites is 1. The molecule has 0 unspecified atom stereocenters. The van der Waals surface area contributed by atoms with Crippen LogP contribution >= 0.6 is 15.9 Å². The lowest BCUT2D eigenvalue weighted by atomic mass is 10.3. The van der Waals surface area contributed by atoms with Crippen LogP contribution in [0.25, 0.3) is 5.69 Å². The zero-order chi connectivity index (χ0) is 10.5. The average Bonchev–Trinajstić information content (AvgIpc) is 2.75. The quantitative estimate of drug-likeness (QED) is 0.796. The van der Waals surface area contributed by atoms with E-state index in [-0.39, 0.29) is 0 Å². The molecule has 1 aromatic carbocycles. The summed E-state index contributed by atoms with van der Waals surface area (Å²) in [7, 11) is 0. The minimum absolute atomic E-state index is 0.882. The lowest BCUT2D eigenvalue weighted by molar-refractivity contribution is 0.748. The van der Waals surface area contributed by atoms with Crippen LogP contribution in [-0.4, -0.2) is 25.5 Å². The molecule has 0 aliphatic carbocycles. The van der Waals surface area contributed by atoms with Gasteiger partial charge in [-0.3, -0.25) is 0 Å². The molecule has 15 heavy (non-hydrogen) atoms.